The van der Waals surface area contributed by atoms with Crippen molar-refractivity contribution in [3.63, 3.8) is 0 Å². The van der Waals surface area contributed by atoms with E-state index in [0.29, 0.717) is 11.1 Å². The number of phenols is 1. The molecule has 3 nitrogen and oxygen atoms in total. The largest absolute Gasteiger partial charge is 0.508 e. The third-order valence-electron chi connectivity index (χ3n) is 4.88. The first kappa shape index (κ1) is 16.7. The maximum Gasteiger partial charge on any atom is 0.193 e. The molecule has 0 fully saturated rings. The standard InChI is InChI=1S/C22H14BrNO2S/c23-12-9-10-17(25)15(11-12)22-19-20(13-5-1-2-6-14(13)21(19)26)24-16-7-3-4-8-18(16)27-22/h1-11,22,24-25H/t22-/m1/s1. The van der Waals surface area contributed by atoms with Gasteiger partial charge in [-0.15, -0.1) is 11.8 Å². The van der Waals surface area contributed by atoms with Crippen molar-refractivity contribution in [2.45, 2.75) is 10.1 Å². The highest BCUT2D eigenvalue weighted by molar-refractivity contribution is 9.10. The van der Waals surface area contributed by atoms with Crippen molar-refractivity contribution >= 4 is 44.9 Å². The molecular formula is C22H14BrNO2S. The molecule has 0 unspecified atom stereocenters. The molecule has 0 saturated carbocycles. The van der Waals surface area contributed by atoms with E-state index in [1.165, 1.54) is 0 Å². The van der Waals surface area contributed by atoms with E-state index in [0.717, 1.165) is 31.9 Å². The molecule has 2 N–H and O–H groups in total. The fourth-order valence-corrected chi connectivity index (χ4v) is 5.33. The minimum absolute atomic E-state index is 0.0118. The van der Waals surface area contributed by atoms with Crippen LogP contribution in [0, 0.1) is 0 Å². The number of fused-ring (bicyclic) bond motifs is 3. The normalized spacial score (nSPS) is 17.7. The molecule has 5 rings (SSSR count). The zero-order valence-electron chi connectivity index (χ0n) is 14.1. The molecule has 3 aromatic carbocycles. The number of para-hydroxylation sites is 1. The van der Waals surface area contributed by atoms with Crippen LogP contribution in [-0.2, 0) is 0 Å². The smallest absolute Gasteiger partial charge is 0.193 e. The maximum atomic E-state index is 13.3. The number of aromatic hydroxyl groups is 1. The highest BCUT2D eigenvalue weighted by atomic mass is 79.9. The molecule has 132 valence electrons. The summed E-state index contributed by atoms with van der Waals surface area (Å²) in [4.78, 5) is 14.4. The molecule has 0 bridgehead atoms. The van der Waals surface area contributed by atoms with Gasteiger partial charge in [-0.2, -0.15) is 0 Å². The van der Waals surface area contributed by atoms with Gasteiger partial charge in [0.1, 0.15) is 5.75 Å². The van der Waals surface area contributed by atoms with Gasteiger partial charge in [-0.05, 0) is 30.3 Å². The SMILES string of the molecule is O=C1C2=C(Nc3ccccc3S[C@@H]2c2cc(Br)ccc2O)c2ccccc21. The van der Waals surface area contributed by atoms with Crippen molar-refractivity contribution in [3.8, 4) is 5.75 Å². The van der Waals surface area contributed by atoms with Crippen LogP contribution in [0.25, 0.3) is 5.70 Å². The summed E-state index contributed by atoms with van der Waals surface area (Å²) >= 11 is 5.08. The van der Waals surface area contributed by atoms with Crippen molar-refractivity contribution in [2.75, 3.05) is 5.32 Å². The van der Waals surface area contributed by atoms with Crippen LogP contribution in [0.1, 0.15) is 26.7 Å². The van der Waals surface area contributed by atoms with Gasteiger partial charge in [-0.1, -0.05) is 52.3 Å². The Hall–Kier alpha value is -2.50. The summed E-state index contributed by atoms with van der Waals surface area (Å²) in [5, 5.41) is 13.7. The van der Waals surface area contributed by atoms with Crippen LogP contribution in [-0.4, -0.2) is 10.9 Å². The van der Waals surface area contributed by atoms with E-state index < -0.39 is 0 Å². The molecule has 3 aromatic rings. The fourth-order valence-electron chi connectivity index (χ4n) is 3.64. The quantitative estimate of drug-likeness (QED) is 0.490. The summed E-state index contributed by atoms with van der Waals surface area (Å²) in [5.41, 5.74) is 4.82. The number of phenolic OH excluding ortho intramolecular Hbond substituents is 1. The van der Waals surface area contributed by atoms with Crippen molar-refractivity contribution in [2.24, 2.45) is 0 Å². The second kappa shape index (κ2) is 6.29. The predicted molar refractivity (Wildman–Crippen MR) is 112 cm³/mol. The number of hydrogen-bond acceptors (Lipinski definition) is 4. The van der Waals surface area contributed by atoms with Crippen LogP contribution < -0.4 is 5.32 Å². The first-order valence-electron chi connectivity index (χ1n) is 8.53. The second-order valence-corrected chi connectivity index (χ2v) is 8.55. The van der Waals surface area contributed by atoms with E-state index >= 15 is 0 Å². The number of anilines is 1. The van der Waals surface area contributed by atoms with Crippen LogP contribution in [0.5, 0.6) is 5.75 Å². The fraction of sp³-hybridized carbons (Fsp3) is 0.0455. The molecule has 1 aliphatic heterocycles. The number of hydrogen-bond donors (Lipinski definition) is 2. The number of carbonyl (C=O) groups excluding carboxylic acids is 1. The zero-order valence-corrected chi connectivity index (χ0v) is 16.5. The summed E-state index contributed by atoms with van der Waals surface area (Å²) in [6.45, 7) is 0. The Morgan fingerprint density at radius 2 is 1.70 bits per heavy atom. The molecule has 1 atom stereocenters. The first-order valence-corrected chi connectivity index (χ1v) is 10.2. The molecule has 0 saturated heterocycles. The molecule has 0 amide bonds. The minimum Gasteiger partial charge on any atom is -0.508 e. The number of halogens is 1. The number of ketones is 1. The first-order chi connectivity index (χ1) is 13.1. The minimum atomic E-state index is -0.312. The van der Waals surface area contributed by atoms with E-state index in [9.17, 15) is 9.90 Å². The number of nitrogens with one attached hydrogen (secondary N) is 1. The molecule has 0 spiro atoms. The Kier molecular flexibility index (Phi) is 3.88. The van der Waals surface area contributed by atoms with Gasteiger partial charge in [0.15, 0.2) is 5.78 Å². The van der Waals surface area contributed by atoms with Crippen LogP contribution in [0.15, 0.2) is 81.7 Å². The zero-order chi connectivity index (χ0) is 18.5. The molecule has 5 heteroatoms. The van der Waals surface area contributed by atoms with E-state index in [4.69, 9.17) is 0 Å². The van der Waals surface area contributed by atoms with Gasteiger partial charge < -0.3 is 10.4 Å². The van der Waals surface area contributed by atoms with Crippen LogP contribution >= 0.6 is 27.7 Å². The highest BCUT2D eigenvalue weighted by Gasteiger charge is 2.38. The molecule has 27 heavy (non-hydrogen) atoms. The van der Waals surface area contributed by atoms with Gasteiger partial charge in [0, 0.05) is 31.6 Å². The van der Waals surface area contributed by atoms with Gasteiger partial charge in [-0.25, -0.2) is 0 Å². The van der Waals surface area contributed by atoms with Crippen molar-refractivity contribution in [1.82, 2.24) is 0 Å². The van der Waals surface area contributed by atoms with E-state index in [1.807, 2.05) is 54.6 Å². The van der Waals surface area contributed by atoms with E-state index in [2.05, 4.69) is 21.2 Å². The Morgan fingerprint density at radius 1 is 0.963 bits per heavy atom. The van der Waals surface area contributed by atoms with E-state index in [1.54, 1.807) is 23.9 Å². The summed E-state index contributed by atoms with van der Waals surface area (Å²) in [6.07, 6.45) is 0. The maximum absolute atomic E-state index is 13.3. The Labute approximate surface area is 169 Å². The van der Waals surface area contributed by atoms with Gasteiger partial charge in [0.05, 0.1) is 16.6 Å². The number of thioether (sulfide) groups is 1. The number of benzene rings is 3. The average molecular weight is 436 g/mol. The number of carbonyl (C=O) groups is 1. The number of Topliss-reactive ketones (excluding diaryl/α,β-unsaturated/α-hetero) is 1. The third-order valence-corrected chi connectivity index (χ3v) is 6.71. The molecule has 0 radical (unpaired) electrons. The summed E-state index contributed by atoms with van der Waals surface area (Å²) < 4.78 is 0.867. The van der Waals surface area contributed by atoms with Crippen molar-refractivity contribution in [3.05, 3.63) is 93.5 Å². The predicted octanol–water partition coefficient (Wildman–Crippen LogP) is 6.02. The van der Waals surface area contributed by atoms with Crippen LogP contribution in [0.3, 0.4) is 0 Å². The number of rotatable bonds is 1. The highest BCUT2D eigenvalue weighted by Crippen LogP contribution is 2.54. The Morgan fingerprint density at radius 3 is 2.56 bits per heavy atom. The van der Waals surface area contributed by atoms with Crippen LogP contribution in [0.4, 0.5) is 5.69 Å². The molecule has 2 aliphatic rings. The van der Waals surface area contributed by atoms with Gasteiger partial charge in [-0.3, -0.25) is 4.79 Å². The van der Waals surface area contributed by atoms with E-state index in [-0.39, 0.29) is 16.8 Å². The second-order valence-electron chi connectivity index (χ2n) is 6.49. The molecule has 1 heterocycles. The van der Waals surface area contributed by atoms with Crippen molar-refractivity contribution in [1.29, 1.82) is 0 Å². The summed E-state index contributed by atoms with van der Waals surface area (Å²) in [6, 6.07) is 21.0. The van der Waals surface area contributed by atoms with Gasteiger partial charge in [0.2, 0.25) is 0 Å². The molecule has 1 aliphatic carbocycles. The molecular weight excluding hydrogens is 422 g/mol. The lowest BCUT2D eigenvalue weighted by Crippen LogP contribution is -2.08. The van der Waals surface area contributed by atoms with Crippen molar-refractivity contribution < 1.29 is 9.90 Å². The van der Waals surface area contributed by atoms with Gasteiger partial charge >= 0.3 is 0 Å². The monoisotopic (exact) mass is 435 g/mol. The lowest BCUT2D eigenvalue weighted by Gasteiger charge is -2.18. The average Bonchev–Trinajstić information content (AvgIpc) is 2.85. The summed E-state index contributed by atoms with van der Waals surface area (Å²) in [5.74, 6) is 0.198. The van der Waals surface area contributed by atoms with Crippen LogP contribution in [0.2, 0.25) is 0 Å². The molecule has 0 aromatic heterocycles. The Balaban J connectivity index is 1.78. The van der Waals surface area contributed by atoms with Gasteiger partial charge in [0.25, 0.3) is 0 Å². The lowest BCUT2D eigenvalue weighted by molar-refractivity contribution is 0.103. The lowest BCUT2D eigenvalue weighted by atomic mass is 10.00. The third kappa shape index (κ3) is 2.61. The summed E-state index contributed by atoms with van der Waals surface area (Å²) in [7, 11) is 0. The topological polar surface area (TPSA) is 49.3 Å². The Bertz CT molecular complexity index is 1140.